The second-order valence-electron chi connectivity index (χ2n) is 4.09. The van der Waals surface area contributed by atoms with Crippen LogP contribution in [0, 0.1) is 6.92 Å². The molecule has 1 aromatic heterocycles. The first kappa shape index (κ1) is 13.4. The van der Waals surface area contributed by atoms with Crippen molar-refractivity contribution in [3.05, 3.63) is 58.9 Å². The van der Waals surface area contributed by atoms with Crippen LogP contribution in [0.15, 0.2) is 42.6 Å². The maximum Gasteiger partial charge on any atom is 0.319 e. The lowest BCUT2D eigenvalue weighted by Gasteiger charge is -2.08. The number of aromatic nitrogens is 1. The van der Waals surface area contributed by atoms with Crippen LogP contribution in [0.5, 0.6) is 0 Å². The molecule has 19 heavy (non-hydrogen) atoms. The molecule has 5 heteroatoms. The Labute approximate surface area is 116 Å². The molecule has 0 fully saturated rings. The van der Waals surface area contributed by atoms with E-state index in [0.29, 0.717) is 17.3 Å². The van der Waals surface area contributed by atoms with Crippen LogP contribution in [-0.2, 0) is 6.54 Å². The average molecular weight is 276 g/mol. The van der Waals surface area contributed by atoms with Gasteiger partial charge in [-0.15, -0.1) is 0 Å². The maximum atomic E-state index is 11.7. The van der Waals surface area contributed by atoms with Crippen LogP contribution < -0.4 is 10.6 Å². The molecule has 1 heterocycles. The number of urea groups is 1. The first-order valence-corrected chi connectivity index (χ1v) is 6.24. The highest BCUT2D eigenvalue weighted by atomic mass is 35.5. The molecule has 0 spiro atoms. The normalized spacial score (nSPS) is 10.0. The number of hydrogen-bond acceptors (Lipinski definition) is 2. The monoisotopic (exact) mass is 275 g/mol. The molecule has 0 atom stereocenters. The SMILES string of the molecule is Cc1ccc(NC(=O)NCc2ccccc2Cl)cn1. The van der Waals surface area contributed by atoms with Crippen molar-refractivity contribution in [1.29, 1.82) is 0 Å². The van der Waals surface area contributed by atoms with Gasteiger partial charge >= 0.3 is 6.03 Å². The zero-order chi connectivity index (χ0) is 13.7. The summed E-state index contributed by atoms with van der Waals surface area (Å²) in [6, 6.07) is 10.7. The van der Waals surface area contributed by atoms with Crippen LogP contribution in [0.1, 0.15) is 11.3 Å². The predicted octanol–water partition coefficient (Wildman–Crippen LogP) is 3.37. The first-order chi connectivity index (χ1) is 9.15. The summed E-state index contributed by atoms with van der Waals surface area (Å²) < 4.78 is 0. The first-order valence-electron chi connectivity index (χ1n) is 5.86. The number of aryl methyl sites for hydroxylation is 1. The summed E-state index contributed by atoms with van der Waals surface area (Å²) >= 11 is 6.00. The lowest BCUT2D eigenvalue weighted by atomic mass is 10.2. The zero-order valence-electron chi connectivity index (χ0n) is 10.5. The number of amides is 2. The van der Waals surface area contributed by atoms with Gasteiger partial charge in [-0.25, -0.2) is 4.79 Å². The van der Waals surface area contributed by atoms with E-state index in [0.717, 1.165) is 11.3 Å². The third kappa shape index (κ3) is 3.96. The van der Waals surface area contributed by atoms with Crippen molar-refractivity contribution in [2.24, 2.45) is 0 Å². The fourth-order valence-corrected chi connectivity index (χ4v) is 1.74. The number of benzene rings is 1. The minimum absolute atomic E-state index is 0.287. The van der Waals surface area contributed by atoms with Crippen LogP contribution in [0.3, 0.4) is 0 Å². The van der Waals surface area contributed by atoms with Gasteiger partial charge in [0, 0.05) is 17.3 Å². The highest BCUT2D eigenvalue weighted by Gasteiger charge is 2.03. The van der Waals surface area contributed by atoms with Crippen LogP contribution in [-0.4, -0.2) is 11.0 Å². The number of pyridine rings is 1. The summed E-state index contributed by atoms with van der Waals surface area (Å²) in [4.78, 5) is 15.8. The minimum Gasteiger partial charge on any atom is -0.334 e. The summed E-state index contributed by atoms with van der Waals surface area (Å²) in [5, 5.41) is 6.08. The Hall–Kier alpha value is -2.07. The molecule has 4 nitrogen and oxygen atoms in total. The molecule has 0 bridgehead atoms. The van der Waals surface area contributed by atoms with Crippen molar-refractivity contribution in [3.63, 3.8) is 0 Å². The second-order valence-corrected chi connectivity index (χ2v) is 4.49. The van der Waals surface area contributed by atoms with E-state index >= 15 is 0 Å². The summed E-state index contributed by atoms with van der Waals surface area (Å²) in [6.45, 7) is 2.27. The van der Waals surface area contributed by atoms with Crippen molar-refractivity contribution < 1.29 is 4.79 Å². The molecular weight excluding hydrogens is 262 g/mol. The molecule has 2 N–H and O–H groups in total. The van der Waals surface area contributed by atoms with Crippen LogP contribution >= 0.6 is 11.6 Å². The second kappa shape index (κ2) is 6.20. The van der Waals surface area contributed by atoms with E-state index in [2.05, 4.69) is 15.6 Å². The lowest BCUT2D eigenvalue weighted by Crippen LogP contribution is -2.28. The van der Waals surface area contributed by atoms with E-state index in [1.165, 1.54) is 0 Å². The van der Waals surface area contributed by atoms with E-state index < -0.39 is 0 Å². The number of carbonyl (C=O) groups excluding carboxylic acids is 1. The summed E-state index contributed by atoms with van der Waals surface area (Å²) in [5.41, 5.74) is 2.44. The van der Waals surface area contributed by atoms with Gasteiger partial charge in [-0.3, -0.25) is 4.98 Å². The number of anilines is 1. The molecule has 0 saturated heterocycles. The largest absolute Gasteiger partial charge is 0.334 e. The van der Waals surface area contributed by atoms with E-state index in [-0.39, 0.29) is 6.03 Å². The molecular formula is C14H14ClN3O. The number of halogens is 1. The van der Waals surface area contributed by atoms with Gasteiger partial charge in [0.25, 0.3) is 0 Å². The minimum atomic E-state index is -0.287. The fraction of sp³-hybridized carbons (Fsp3) is 0.143. The standard InChI is InChI=1S/C14H14ClN3O/c1-10-6-7-12(9-16-10)18-14(19)17-8-11-4-2-3-5-13(11)15/h2-7,9H,8H2,1H3,(H2,17,18,19). The molecule has 0 saturated carbocycles. The number of nitrogens with zero attached hydrogens (tertiary/aromatic N) is 1. The van der Waals surface area contributed by atoms with E-state index in [1.54, 1.807) is 18.3 Å². The number of nitrogens with one attached hydrogen (secondary N) is 2. The molecule has 2 amide bonds. The Kier molecular flexibility index (Phi) is 4.36. The van der Waals surface area contributed by atoms with Gasteiger partial charge < -0.3 is 10.6 Å². The van der Waals surface area contributed by atoms with Crippen molar-refractivity contribution in [2.45, 2.75) is 13.5 Å². The number of hydrogen-bond donors (Lipinski definition) is 2. The average Bonchev–Trinajstić information content (AvgIpc) is 2.40. The van der Waals surface area contributed by atoms with Gasteiger partial charge in [0.15, 0.2) is 0 Å². The summed E-state index contributed by atoms with van der Waals surface area (Å²) in [7, 11) is 0. The Morgan fingerprint density at radius 2 is 2.05 bits per heavy atom. The molecule has 0 aliphatic heterocycles. The fourth-order valence-electron chi connectivity index (χ4n) is 1.53. The van der Waals surface area contributed by atoms with Gasteiger partial charge in [-0.2, -0.15) is 0 Å². The summed E-state index contributed by atoms with van der Waals surface area (Å²) in [5.74, 6) is 0. The number of rotatable bonds is 3. The molecule has 0 radical (unpaired) electrons. The smallest absolute Gasteiger partial charge is 0.319 e. The van der Waals surface area contributed by atoms with Gasteiger partial charge in [0.2, 0.25) is 0 Å². The number of carbonyl (C=O) groups is 1. The van der Waals surface area contributed by atoms with Crippen molar-refractivity contribution in [1.82, 2.24) is 10.3 Å². The third-order valence-electron chi connectivity index (χ3n) is 2.57. The molecule has 0 unspecified atom stereocenters. The third-order valence-corrected chi connectivity index (χ3v) is 2.94. The zero-order valence-corrected chi connectivity index (χ0v) is 11.2. The van der Waals surface area contributed by atoms with E-state index in [9.17, 15) is 4.79 Å². The quantitative estimate of drug-likeness (QED) is 0.902. The predicted molar refractivity (Wildman–Crippen MR) is 76.3 cm³/mol. The van der Waals surface area contributed by atoms with Crippen LogP contribution in [0.4, 0.5) is 10.5 Å². The lowest BCUT2D eigenvalue weighted by molar-refractivity contribution is 0.251. The summed E-state index contributed by atoms with van der Waals surface area (Å²) in [6.07, 6.45) is 1.62. The van der Waals surface area contributed by atoms with Gasteiger partial charge in [0.05, 0.1) is 11.9 Å². The van der Waals surface area contributed by atoms with Gasteiger partial charge in [0.1, 0.15) is 0 Å². The highest BCUT2D eigenvalue weighted by molar-refractivity contribution is 6.31. The Morgan fingerprint density at radius 3 is 2.74 bits per heavy atom. The van der Waals surface area contributed by atoms with E-state index in [4.69, 9.17) is 11.6 Å². The molecule has 1 aromatic carbocycles. The van der Waals surface area contributed by atoms with Crippen molar-refractivity contribution >= 4 is 23.3 Å². The van der Waals surface area contributed by atoms with Gasteiger partial charge in [-0.05, 0) is 30.7 Å². The molecule has 0 aliphatic rings. The Morgan fingerprint density at radius 1 is 1.26 bits per heavy atom. The van der Waals surface area contributed by atoms with Gasteiger partial charge in [-0.1, -0.05) is 29.8 Å². The van der Waals surface area contributed by atoms with Crippen molar-refractivity contribution in [3.8, 4) is 0 Å². The highest BCUT2D eigenvalue weighted by Crippen LogP contribution is 2.14. The Balaban J connectivity index is 1.88. The topological polar surface area (TPSA) is 54.0 Å². The molecule has 2 aromatic rings. The van der Waals surface area contributed by atoms with Crippen LogP contribution in [0.2, 0.25) is 5.02 Å². The van der Waals surface area contributed by atoms with Crippen molar-refractivity contribution in [2.75, 3.05) is 5.32 Å². The van der Waals surface area contributed by atoms with E-state index in [1.807, 2.05) is 31.2 Å². The molecule has 0 aliphatic carbocycles. The van der Waals surface area contributed by atoms with Crippen LogP contribution in [0.25, 0.3) is 0 Å². The molecule has 2 rings (SSSR count). The maximum absolute atomic E-state index is 11.7. The molecule has 98 valence electrons. The Bertz CT molecular complexity index is 569.